The van der Waals surface area contributed by atoms with Gasteiger partial charge in [-0.1, -0.05) is 18.2 Å². The molecule has 1 N–H and O–H groups in total. The Morgan fingerprint density at radius 1 is 1.23 bits per heavy atom. The molecule has 2 aliphatic rings. The fourth-order valence-electron chi connectivity index (χ4n) is 3.94. The molecule has 7 heteroatoms. The van der Waals surface area contributed by atoms with Gasteiger partial charge in [-0.2, -0.15) is 5.10 Å². The molecule has 1 amide bonds. The van der Waals surface area contributed by atoms with E-state index in [1.807, 2.05) is 35.1 Å². The zero-order valence-corrected chi connectivity index (χ0v) is 15.0. The van der Waals surface area contributed by atoms with Gasteiger partial charge < -0.3 is 14.7 Å². The van der Waals surface area contributed by atoms with Crippen molar-refractivity contribution in [1.29, 1.82) is 0 Å². The van der Waals surface area contributed by atoms with Crippen LogP contribution in [0.2, 0.25) is 0 Å². The van der Waals surface area contributed by atoms with E-state index < -0.39 is 5.60 Å². The first-order valence-corrected chi connectivity index (χ1v) is 9.34. The minimum absolute atomic E-state index is 0.0856. The summed E-state index contributed by atoms with van der Waals surface area (Å²) in [5.41, 5.74) is 0.247. The number of aromatic nitrogens is 2. The number of carbonyl (C=O) groups excluding carboxylic acids is 1. The molecule has 1 atom stereocenters. The van der Waals surface area contributed by atoms with Crippen molar-refractivity contribution in [2.24, 2.45) is 0 Å². The normalized spacial score (nSPS) is 24.4. The number of fused-ring (bicyclic) bond motifs is 1. The van der Waals surface area contributed by atoms with E-state index in [2.05, 4.69) is 10.00 Å². The van der Waals surface area contributed by atoms with Crippen molar-refractivity contribution < 1.29 is 14.6 Å². The number of likely N-dealkylation sites (tertiary alicyclic amines) is 1. The van der Waals surface area contributed by atoms with Gasteiger partial charge in [0, 0.05) is 38.0 Å². The summed E-state index contributed by atoms with van der Waals surface area (Å²) in [5.74, 6) is 0.0856. The second kappa shape index (κ2) is 7.34. The lowest BCUT2D eigenvalue weighted by Gasteiger charge is -2.33. The van der Waals surface area contributed by atoms with Crippen molar-refractivity contribution in [3.8, 4) is 0 Å². The fraction of sp³-hybridized carbons (Fsp3) is 0.579. The third kappa shape index (κ3) is 3.75. The summed E-state index contributed by atoms with van der Waals surface area (Å²) in [6.07, 6.45) is 2.87. The van der Waals surface area contributed by atoms with Crippen LogP contribution in [0.15, 0.2) is 30.5 Å². The molecule has 1 aromatic heterocycles. The van der Waals surface area contributed by atoms with Crippen molar-refractivity contribution in [1.82, 2.24) is 19.6 Å². The van der Waals surface area contributed by atoms with E-state index in [0.29, 0.717) is 39.0 Å². The fourth-order valence-corrected chi connectivity index (χ4v) is 3.94. The van der Waals surface area contributed by atoms with Crippen LogP contribution >= 0.6 is 0 Å². The molecule has 2 saturated heterocycles. The maximum absolute atomic E-state index is 12.6. The smallest absolute Gasteiger partial charge is 0.224 e. The highest BCUT2D eigenvalue weighted by molar-refractivity contribution is 5.79. The van der Waals surface area contributed by atoms with Gasteiger partial charge in [-0.05, 0) is 12.5 Å². The highest BCUT2D eigenvalue weighted by Crippen LogP contribution is 2.24. The van der Waals surface area contributed by atoms with Crippen molar-refractivity contribution in [2.45, 2.75) is 25.0 Å². The second-order valence-corrected chi connectivity index (χ2v) is 7.35. The number of ether oxygens (including phenoxy) is 1. The van der Waals surface area contributed by atoms with Gasteiger partial charge in [-0.25, -0.2) is 0 Å². The van der Waals surface area contributed by atoms with E-state index in [4.69, 9.17) is 4.74 Å². The van der Waals surface area contributed by atoms with Crippen LogP contribution in [-0.4, -0.2) is 82.1 Å². The van der Waals surface area contributed by atoms with Crippen LogP contribution in [0.25, 0.3) is 10.9 Å². The Kier molecular flexibility index (Phi) is 4.93. The first-order valence-electron chi connectivity index (χ1n) is 9.34. The summed E-state index contributed by atoms with van der Waals surface area (Å²) < 4.78 is 7.24. The van der Waals surface area contributed by atoms with Crippen LogP contribution in [0, 0.1) is 0 Å². The lowest BCUT2D eigenvalue weighted by Crippen LogP contribution is -2.49. The SMILES string of the molecule is O=C(CCn1ncc2ccccc21)N1CCC(O)(CN2CCOCC2)C1. The number of morpholine rings is 1. The topological polar surface area (TPSA) is 70.8 Å². The molecule has 1 unspecified atom stereocenters. The van der Waals surface area contributed by atoms with Crippen molar-refractivity contribution in [3.63, 3.8) is 0 Å². The minimum Gasteiger partial charge on any atom is -0.387 e. The van der Waals surface area contributed by atoms with E-state index in [9.17, 15) is 9.90 Å². The summed E-state index contributed by atoms with van der Waals surface area (Å²) in [4.78, 5) is 16.6. The Morgan fingerprint density at radius 3 is 2.88 bits per heavy atom. The molecule has 0 spiro atoms. The van der Waals surface area contributed by atoms with Gasteiger partial charge in [-0.3, -0.25) is 14.4 Å². The molecule has 7 nitrogen and oxygen atoms in total. The molecule has 2 fully saturated rings. The van der Waals surface area contributed by atoms with E-state index >= 15 is 0 Å². The molecular formula is C19H26N4O3. The summed E-state index contributed by atoms with van der Waals surface area (Å²) in [7, 11) is 0. The maximum atomic E-state index is 12.6. The summed E-state index contributed by atoms with van der Waals surface area (Å²) in [6, 6.07) is 8.00. The van der Waals surface area contributed by atoms with E-state index in [1.165, 1.54) is 0 Å². The number of carbonyl (C=O) groups is 1. The molecule has 4 rings (SSSR count). The first kappa shape index (κ1) is 17.5. The molecule has 0 saturated carbocycles. The number of β-amino-alcohol motifs (C(OH)–C–C–N with tert-alkyl or cyclic N) is 1. The molecule has 0 aliphatic carbocycles. The number of aliphatic hydroxyl groups is 1. The monoisotopic (exact) mass is 358 g/mol. The Bertz CT molecular complexity index is 771. The number of nitrogens with zero attached hydrogens (tertiary/aromatic N) is 4. The Balaban J connectivity index is 1.31. The van der Waals surface area contributed by atoms with Crippen molar-refractivity contribution >= 4 is 16.8 Å². The van der Waals surface area contributed by atoms with Gasteiger partial charge in [0.2, 0.25) is 5.91 Å². The van der Waals surface area contributed by atoms with Crippen LogP contribution in [0.1, 0.15) is 12.8 Å². The summed E-state index contributed by atoms with van der Waals surface area (Å²) >= 11 is 0. The molecule has 140 valence electrons. The maximum Gasteiger partial charge on any atom is 0.224 e. The number of aryl methyl sites for hydroxylation is 1. The Hall–Kier alpha value is -1.96. The van der Waals surface area contributed by atoms with Crippen LogP contribution in [0.5, 0.6) is 0 Å². The quantitative estimate of drug-likeness (QED) is 0.853. The summed E-state index contributed by atoms with van der Waals surface area (Å²) in [5, 5.41) is 16.3. The number of benzene rings is 1. The van der Waals surface area contributed by atoms with Gasteiger partial charge in [0.1, 0.15) is 0 Å². The Labute approximate surface area is 153 Å². The van der Waals surface area contributed by atoms with E-state index in [-0.39, 0.29) is 5.91 Å². The highest BCUT2D eigenvalue weighted by Gasteiger charge is 2.39. The van der Waals surface area contributed by atoms with Gasteiger partial charge >= 0.3 is 0 Å². The average molecular weight is 358 g/mol. The van der Waals surface area contributed by atoms with Crippen LogP contribution in [0.4, 0.5) is 0 Å². The van der Waals surface area contributed by atoms with Gasteiger partial charge in [-0.15, -0.1) is 0 Å². The van der Waals surface area contributed by atoms with Crippen LogP contribution < -0.4 is 0 Å². The summed E-state index contributed by atoms with van der Waals surface area (Å²) in [6.45, 7) is 5.36. The average Bonchev–Trinajstić information content (AvgIpc) is 3.24. The molecule has 2 aromatic rings. The predicted molar refractivity (Wildman–Crippen MR) is 97.8 cm³/mol. The molecule has 0 bridgehead atoms. The largest absolute Gasteiger partial charge is 0.387 e. The van der Waals surface area contributed by atoms with Crippen LogP contribution in [-0.2, 0) is 16.1 Å². The number of hydrogen-bond donors (Lipinski definition) is 1. The molecule has 3 heterocycles. The predicted octanol–water partition coefficient (Wildman–Crippen LogP) is 0.722. The standard InChI is InChI=1S/C19H26N4O3/c24-18(5-7-23-17-4-2-1-3-16(17)13-20-23)22-8-6-19(25,15-22)14-21-9-11-26-12-10-21/h1-4,13,25H,5-12,14-15H2. The third-order valence-corrected chi connectivity index (χ3v) is 5.40. The zero-order valence-electron chi connectivity index (χ0n) is 15.0. The van der Waals surface area contributed by atoms with Crippen LogP contribution in [0.3, 0.4) is 0 Å². The number of amides is 1. The number of hydrogen-bond acceptors (Lipinski definition) is 5. The molecule has 26 heavy (non-hydrogen) atoms. The third-order valence-electron chi connectivity index (χ3n) is 5.40. The Morgan fingerprint density at radius 2 is 2.04 bits per heavy atom. The van der Waals surface area contributed by atoms with Gasteiger partial charge in [0.25, 0.3) is 0 Å². The second-order valence-electron chi connectivity index (χ2n) is 7.35. The van der Waals surface area contributed by atoms with Crippen molar-refractivity contribution in [2.75, 3.05) is 45.9 Å². The van der Waals surface area contributed by atoms with Gasteiger partial charge in [0.15, 0.2) is 0 Å². The van der Waals surface area contributed by atoms with Crippen molar-refractivity contribution in [3.05, 3.63) is 30.5 Å². The molecule has 2 aliphatic heterocycles. The lowest BCUT2D eigenvalue weighted by atomic mass is 10.0. The molecule has 1 aromatic carbocycles. The lowest BCUT2D eigenvalue weighted by molar-refractivity contribution is -0.131. The zero-order chi connectivity index (χ0) is 18.0. The first-order chi connectivity index (χ1) is 12.6. The highest BCUT2D eigenvalue weighted by atomic mass is 16.5. The molecule has 0 radical (unpaired) electrons. The number of para-hydroxylation sites is 1. The number of rotatable bonds is 5. The molecular weight excluding hydrogens is 332 g/mol. The van der Waals surface area contributed by atoms with E-state index in [1.54, 1.807) is 4.90 Å². The van der Waals surface area contributed by atoms with E-state index in [0.717, 1.165) is 37.2 Å². The van der Waals surface area contributed by atoms with Gasteiger partial charge in [0.05, 0.1) is 43.6 Å². The minimum atomic E-state index is -0.800.